The summed E-state index contributed by atoms with van der Waals surface area (Å²) in [6.07, 6.45) is 10.8. The van der Waals surface area contributed by atoms with Crippen LogP contribution in [-0.2, 0) is 19.4 Å². The number of aromatic nitrogens is 2. The third-order valence-corrected chi connectivity index (χ3v) is 5.57. The molecule has 4 heteroatoms. The van der Waals surface area contributed by atoms with Crippen molar-refractivity contribution in [3.8, 4) is 0 Å². The van der Waals surface area contributed by atoms with Crippen LogP contribution < -0.4 is 5.32 Å². The molecule has 0 radical (unpaired) electrons. The van der Waals surface area contributed by atoms with Gasteiger partial charge in [0.1, 0.15) is 0 Å². The van der Waals surface area contributed by atoms with Crippen molar-refractivity contribution in [2.24, 2.45) is 0 Å². The minimum Gasteiger partial charge on any atom is -0.306 e. The van der Waals surface area contributed by atoms with Crippen molar-refractivity contribution in [2.75, 3.05) is 6.54 Å². The molecule has 0 saturated heterocycles. The average Bonchev–Trinajstić information content (AvgIpc) is 3.07. The van der Waals surface area contributed by atoms with Gasteiger partial charge in [0.05, 0.1) is 12.2 Å². The largest absolute Gasteiger partial charge is 0.306 e. The van der Waals surface area contributed by atoms with Crippen LogP contribution in [0.5, 0.6) is 0 Å². The fourth-order valence-electron chi connectivity index (χ4n) is 3.12. The van der Waals surface area contributed by atoms with Gasteiger partial charge in [-0.2, -0.15) is 5.10 Å². The van der Waals surface area contributed by atoms with Gasteiger partial charge in [-0.05, 0) is 50.8 Å². The van der Waals surface area contributed by atoms with Crippen molar-refractivity contribution in [1.82, 2.24) is 15.1 Å². The Morgan fingerprint density at radius 1 is 1.29 bits per heavy atom. The Balaban J connectivity index is 1.90. The Morgan fingerprint density at radius 3 is 2.90 bits per heavy atom. The first-order chi connectivity index (χ1) is 10.3. The zero-order valence-corrected chi connectivity index (χ0v) is 13.9. The molecule has 1 N–H and O–H groups in total. The summed E-state index contributed by atoms with van der Waals surface area (Å²) in [6, 6.07) is 2.74. The molecule has 0 saturated carbocycles. The average molecular weight is 303 g/mol. The minimum atomic E-state index is 0.298. The van der Waals surface area contributed by atoms with Crippen LogP contribution in [0.1, 0.15) is 60.0 Å². The van der Waals surface area contributed by atoms with E-state index >= 15 is 0 Å². The van der Waals surface area contributed by atoms with Gasteiger partial charge in [-0.3, -0.25) is 4.68 Å². The molecular formula is C17H25N3S. The highest BCUT2D eigenvalue weighted by Crippen LogP contribution is 2.34. The predicted octanol–water partition coefficient (Wildman–Crippen LogP) is 3.93. The van der Waals surface area contributed by atoms with Crippen LogP contribution >= 0.6 is 11.3 Å². The third-order valence-electron chi connectivity index (χ3n) is 4.27. The molecule has 0 aromatic carbocycles. The van der Waals surface area contributed by atoms with E-state index in [1.165, 1.54) is 42.5 Å². The van der Waals surface area contributed by atoms with Gasteiger partial charge in [0, 0.05) is 28.1 Å². The van der Waals surface area contributed by atoms with Gasteiger partial charge in [0.25, 0.3) is 0 Å². The van der Waals surface area contributed by atoms with Crippen LogP contribution in [0.4, 0.5) is 0 Å². The maximum Gasteiger partial charge on any atom is 0.0702 e. The first-order valence-electron chi connectivity index (χ1n) is 8.19. The zero-order valence-electron chi connectivity index (χ0n) is 13.1. The molecule has 1 unspecified atom stereocenters. The molecule has 1 atom stereocenters. The van der Waals surface area contributed by atoms with E-state index in [1.807, 2.05) is 22.2 Å². The fraction of sp³-hybridized carbons (Fsp3) is 0.588. The summed E-state index contributed by atoms with van der Waals surface area (Å²) in [4.78, 5) is 3.08. The molecule has 3 rings (SSSR count). The smallest absolute Gasteiger partial charge is 0.0702 e. The molecule has 0 bridgehead atoms. The van der Waals surface area contributed by atoms with Crippen LogP contribution in [0.15, 0.2) is 18.5 Å². The maximum atomic E-state index is 4.44. The predicted molar refractivity (Wildman–Crippen MR) is 89.0 cm³/mol. The van der Waals surface area contributed by atoms with Crippen molar-refractivity contribution < 1.29 is 0 Å². The number of thiophene rings is 1. The lowest BCUT2D eigenvalue weighted by molar-refractivity contribution is 0.632. The number of hydrogen-bond donors (Lipinski definition) is 1. The lowest BCUT2D eigenvalue weighted by Crippen LogP contribution is -2.20. The highest BCUT2D eigenvalue weighted by Gasteiger charge is 2.20. The topological polar surface area (TPSA) is 29.9 Å². The van der Waals surface area contributed by atoms with Crippen molar-refractivity contribution in [1.29, 1.82) is 0 Å². The van der Waals surface area contributed by atoms with E-state index in [9.17, 15) is 0 Å². The second-order valence-electron chi connectivity index (χ2n) is 5.78. The van der Waals surface area contributed by atoms with Gasteiger partial charge in [-0.1, -0.05) is 13.3 Å². The van der Waals surface area contributed by atoms with Crippen LogP contribution in [0.25, 0.3) is 0 Å². The third kappa shape index (κ3) is 3.22. The monoisotopic (exact) mass is 303 g/mol. The summed E-state index contributed by atoms with van der Waals surface area (Å²) in [5, 5.41) is 8.08. The quantitative estimate of drug-likeness (QED) is 0.848. The van der Waals surface area contributed by atoms with Gasteiger partial charge >= 0.3 is 0 Å². The van der Waals surface area contributed by atoms with Gasteiger partial charge < -0.3 is 5.32 Å². The van der Waals surface area contributed by atoms with E-state index in [0.29, 0.717) is 6.04 Å². The molecule has 3 nitrogen and oxygen atoms in total. The standard InChI is InChI=1S/C17H25N3S/c1-3-18-17(14-11-19-20(4-2)12-14)16-10-13-8-6-5-7-9-15(13)21-16/h10-12,17-18H,3-9H2,1-2H3. The summed E-state index contributed by atoms with van der Waals surface area (Å²) in [7, 11) is 0. The summed E-state index contributed by atoms with van der Waals surface area (Å²) in [6.45, 7) is 6.21. The normalized spacial score (nSPS) is 16.5. The maximum absolute atomic E-state index is 4.44. The fourth-order valence-corrected chi connectivity index (χ4v) is 4.48. The lowest BCUT2D eigenvalue weighted by atomic mass is 10.1. The van der Waals surface area contributed by atoms with Gasteiger partial charge in [0.2, 0.25) is 0 Å². The highest BCUT2D eigenvalue weighted by molar-refractivity contribution is 7.12. The second kappa shape index (κ2) is 6.75. The Labute approximate surface area is 131 Å². The van der Waals surface area contributed by atoms with Crippen molar-refractivity contribution in [3.05, 3.63) is 39.3 Å². The van der Waals surface area contributed by atoms with Crippen molar-refractivity contribution >= 4 is 11.3 Å². The van der Waals surface area contributed by atoms with E-state index in [1.54, 1.807) is 10.4 Å². The summed E-state index contributed by atoms with van der Waals surface area (Å²) in [5.74, 6) is 0. The van der Waals surface area contributed by atoms with E-state index in [4.69, 9.17) is 0 Å². The van der Waals surface area contributed by atoms with Crippen molar-refractivity contribution in [2.45, 2.75) is 58.5 Å². The van der Waals surface area contributed by atoms with Gasteiger partial charge in [-0.25, -0.2) is 0 Å². The van der Waals surface area contributed by atoms with Crippen LogP contribution in [-0.4, -0.2) is 16.3 Å². The number of aryl methyl sites for hydroxylation is 3. The molecular weight excluding hydrogens is 278 g/mol. The first-order valence-corrected chi connectivity index (χ1v) is 9.00. The summed E-state index contributed by atoms with van der Waals surface area (Å²) >= 11 is 2.01. The molecule has 1 aliphatic rings. The molecule has 2 heterocycles. The number of hydrogen-bond acceptors (Lipinski definition) is 3. The van der Waals surface area contributed by atoms with Crippen molar-refractivity contribution in [3.63, 3.8) is 0 Å². The Kier molecular flexibility index (Phi) is 4.76. The highest BCUT2D eigenvalue weighted by atomic mass is 32.1. The molecule has 21 heavy (non-hydrogen) atoms. The molecule has 0 amide bonds. The molecule has 1 aliphatic carbocycles. The van der Waals surface area contributed by atoms with Gasteiger partial charge in [0.15, 0.2) is 0 Å². The number of nitrogens with zero attached hydrogens (tertiary/aromatic N) is 2. The van der Waals surface area contributed by atoms with Crippen LogP contribution in [0.3, 0.4) is 0 Å². The van der Waals surface area contributed by atoms with E-state index in [2.05, 4.69) is 36.5 Å². The second-order valence-corrected chi connectivity index (χ2v) is 6.95. The number of nitrogens with one attached hydrogen (secondary N) is 1. The van der Waals surface area contributed by atoms with Gasteiger partial charge in [-0.15, -0.1) is 11.3 Å². The Morgan fingerprint density at radius 2 is 2.14 bits per heavy atom. The van der Waals surface area contributed by atoms with Crippen LogP contribution in [0, 0.1) is 0 Å². The molecule has 0 aliphatic heterocycles. The van der Waals surface area contributed by atoms with E-state index < -0.39 is 0 Å². The minimum absolute atomic E-state index is 0.298. The summed E-state index contributed by atoms with van der Waals surface area (Å²) < 4.78 is 2.01. The number of fused-ring (bicyclic) bond motifs is 1. The molecule has 0 spiro atoms. The van der Waals surface area contributed by atoms with E-state index in [0.717, 1.165) is 13.1 Å². The Hall–Kier alpha value is -1.13. The molecule has 0 fully saturated rings. The van der Waals surface area contributed by atoms with Crippen LogP contribution in [0.2, 0.25) is 0 Å². The molecule has 114 valence electrons. The summed E-state index contributed by atoms with van der Waals surface area (Å²) in [5.41, 5.74) is 2.88. The molecule has 2 aromatic heterocycles. The lowest BCUT2D eigenvalue weighted by Gasteiger charge is -2.14. The Bertz CT molecular complexity index is 561. The SMILES string of the molecule is CCNC(c1cnn(CC)c1)c1cc2c(s1)CCCCC2. The zero-order chi connectivity index (χ0) is 14.7. The van der Waals surface area contributed by atoms with E-state index in [-0.39, 0.29) is 0 Å². The first kappa shape index (κ1) is 14.8. The number of rotatable bonds is 5. The molecule has 2 aromatic rings.